The summed E-state index contributed by atoms with van der Waals surface area (Å²) in [6, 6.07) is 0.0359. The van der Waals surface area contributed by atoms with Crippen molar-refractivity contribution in [2.75, 3.05) is 0 Å². The molecule has 1 aliphatic carbocycles. The third-order valence-corrected chi connectivity index (χ3v) is 3.15. The molecule has 0 aliphatic heterocycles. The summed E-state index contributed by atoms with van der Waals surface area (Å²) in [7, 11) is 0. The monoisotopic (exact) mass is 223 g/mol. The van der Waals surface area contributed by atoms with Gasteiger partial charge < -0.3 is 5.11 Å². The molecular formula is C11H17N3O2. The van der Waals surface area contributed by atoms with Crippen molar-refractivity contribution in [2.24, 2.45) is 0 Å². The van der Waals surface area contributed by atoms with E-state index in [-0.39, 0.29) is 11.7 Å². The highest BCUT2D eigenvalue weighted by Gasteiger charge is 2.28. The molecule has 5 heteroatoms. The number of hydrogen-bond acceptors (Lipinski definition) is 3. The van der Waals surface area contributed by atoms with Crippen molar-refractivity contribution in [3.63, 3.8) is 0 Å². The highest BCUT2D eigenvalue weighted by atomic mass is 16.4. The van der Waals surface area contributed by atoms with Gasteiger partial charge in [-0.3, -0.25) is 0 Å². The van der Waals surface area contributed by atoms with Crippen LogP contribution in [0.15, 0.2) is 0 Å². The third-order valence-electron chi connectivity index (χ3n) is 3.15. The molecule has 0 spiro atoms. The molecular weight excluding hydrogens is 206 g/mol. The number of hydrogen-bond donors (Lipinski definition) is 1. The predicted molar refractivity (Wildman–Crippen MR) is 58.6 cm³/mol. The van der Waals surface area contributed by atoms with Crippen LogP contribution in [0.25, 0.3) is 0 Å². The van der Waals surface area contributed by atoms with Crippen LogP contribution in [-0.4, -0.2) is 26.1 Å². The molecule has 1 heterocycles. The Morgan fingerprint density at radius 3 is 2.56 bits per heavy atom. The number of carbonyl (C=O) groups is 1. The topological polar surface area (TPSA) is 68.0 Å². The van der Waals surface area contributed by atoms with Crippen LogP contribution in [-0.2, 0) is 0 Å². The largest absolute Gasteiger partial charge is 0.476 e. The minimum Gasteiger partial charge on any atom is -0.476 e. The number of carboxylic acid groups (broad SMARTS) is 1. The van der Waals surface area contributed by atoms with Gasteiger partial charge in [0.2, 0.25) is 0 Å². The van der Waals surface area contributed by atoms with E-state index >= 15 is 0 Å². The summed E-state index contributed by atoms with van der Waals surface area (Å²) >= 11 is 0. The van der Waals surface area contributed by atoms with Crippen LogP contribution in [0.3, 0.4) is 0 Å². The van der Waals surface area contributed by atoms with E-state index in [4.69, 9.17) is 0 Å². The Bertz CT molecular complexity index is 392. The first-order valence-corrected chi connectivity index (χ1v) is 5.79. The van der Waals surface area contributed by atoms with E-state index in [2.05, 4.69) is 10.3 Å². The van der Waals surface area contributed by atoms with Gasteiger partial charge in [-0.05, 0) is 26.7 Å². The molecule has 1 N–H and O–H groups in total. The molecule has 88 valence electrons. The summed E-state index contributed by atoms with van der Waals surface area (Å²) < 4.78 is 1.51. The van der Waals surface area contributed by atoms with Crippen molar-refractivity contribution >= 4 is 5.97 Å². The summed E-state index contributed by atoms with van der Waals surface area (Å²) in [5, 5.41) is 17.3. The van der Waals surface area contributed by atoms with Crippen molar-refractivity contribution in [1.82, 2.24) is 15.0 Å². The minimum atomic E-state index is -0.916. The number of aromatic nitrogens is 3. The maximum atomic E-state index is 11.3. The van der Waals surface area contributed by atoms with E-state index in [9.17, 15) is 9.90 Å². The summed E-state index contributed by atoms with van der Waals surface area (Å²) in [5.74, 6) is -0.626. The highest BCUT2D eigenvalue weighted by molar-refractivity contribution is 5.87. The molecule has 0 radical (unpaired) electrons. The lowest BCUT2D eigenvalue weighted by atomic mass is 10.0. The average Bonchev–Trinajstić information content (AvgIpc) is 2.85. The molecule has 0 bridgehead atoms. The van der Waals surface area contributed by atoms with Crippen LogP contribution in [0.5, 0.6) is 0 Å². The van der Waals surface area contributed by atoms with Crippen LogP contribution in [0, 0.1) is 0 Å². The summed E-state index contributed by atoms with van der Waals surface area (Å²) in [6.45, 7) is 3.83. The first-order chi connectivity index (χ1) is 7.61. The number of carboxylic acids is 1. The van der Waals surface area contributed by atoms with E-state index in [1.165, 1.54) is 4.68 Å². The highest BCUT2D eigenvalue weighted by Crippen LogP contribution is 2.34. The van der Waals surface area contributed by atoms with Crippen molar-refractivity contribution in [3.05, 3.63) is 11.4 Å². The molecule has 0 atom stereocenters. The summed E-state index contributed by atoms with van der Waals surface area (Å²) in [6.07, 6.45) is 4.41. The third kappa shape index (κ3) is 1.81. The molecule has 0 unspecified atom stereocenters. The number of nitrogens with zero attached hydrogens (tertiary/aromatic N) is 3. The quantitative estimate of drug-likeness (QED) is 0.853. The van der Waals surface area contributed by atoms with E-state index in [0.29, 0.717) is 11.6 Å². The van der Waals surface area contributed by atoms with Gasteiger partial charge in [0, 0.05) is 12.0 Å². The fraction of sp³-hybridized carbons (Fsp3) is 0.727. The van der Waals surface area contributed by atoms with Crippen LogP contribution < -0.4 is 0 Å². The standard InChI is InChI=1S/C11H17N3O2/c1-7(2)14-10(11(15)16)9(12-13-14)8-5-3-4-6-8/h7-8H,3-6H2,1-2H3,(H,15,16). The molecule has 1 aromatic heterocycles. The smallest absolute Gasteiger partial charge is 0.356 e. The molecule has 1 aromatic rings. The zero-order chi connectivity index (χ0) is 11.7. The SMILES string of the molecule is CC(C)n1nnc(C2CCCC2)c1C(=O)O. The van der Waals surface area contributed by atoms with E-state index in [0.717, 1.165) is 25.7 Å². The molecule has 1 fully saturated rings. The normalized spacial score (nSPS) is 17.2. The lowest BCUT2D eigenvalue weighted by Gasteiger charge is -2.09. The van der Waals surface area contributed by atoms with Gasteiger partial charge in [0.1, 0.15) is 5.69 Å². The van der Waals surface area contributed by atoms with Crippen molar-refractivity contribution in [1.29, 1.82) is 0 Å². The van der Waals surface area contributed by atoms with Gasteiger partial charge in [0.15, 0.2) is 5.69 Å². The zero-order valence-corrected chi connectivity index (χ0v) is 9.68. The van der Waals surface area contributed by atoms with Gasteiger partial charge in [0.25, 0.3) is 0 Å². The Balaban J connectivity index is 2.41. The van der Waals surface area contributed by atoms with E-state index in [1.54, 1.807) is 0 Å². The van der Waals surface area contributed by atoms with Crippen LogP contribution in [0.4, 0.5) is 0 Å². The molecule has 0 aromatic carbocycles. The lowest BCUT2D eigenvalue weighted by Crippen LogP contribution is -2.14. The Labute approximate surface area is 94.5 Å². The zero-order valence-electron chi connectivity index (χ0n) is 9.68. The van der Waals surface area contributed by atoms with Gasteiger partial charge in [0.05, 0.1) is 0 Å². The van der Waals surface area contributed by atoms with E-state index < -0.39 is 5.97 Å². The fourth-order valence-corrected chi connectivity index (χ4v) is 2.35. The van der Waals surface area contributed by atoms with Crippen molar-refractivity contribution in [2.45, 2.75) is 51.5 Å². The fourth-order valence-electron chi connectivity index (χ4n) is 2.35. The summed E-state index contributed by atoms with van der Waals surface area (Å²) in [5.41, 5.74) is 0.959. The molecule has 1 aliphatic rings. The Morgan fingerprint density at radius 2 is 2.06 bits per heavy atom. The second kappa shape index (κ2) is 4.23. The Morgan fingerprint density at radius 1 is 1.44 bits per heavy atom. The molecule has 0 amide bonds. The number of rotatable bonds is 3. The second-order valence-corrected chi connectivity index (χ2v) is 4.65. The first kappa shape index (κ1) is 11.1. The van der Waals surface area contributed by atoms with Crippen LogP contribution in [0.1, 0.15) is 67.7 Å². The summed E-state index contributed by atoms with van der Waals surface area (Å²) in [4.78, 5) is 11.3. The lowest BCUT2D eigenvalue weighted by molar-refractivity contribution is 0.0679. The van der Waals surface area contributed by atoms with Crippen LogP contribution in [0.2, 0.25) is 0 Å². The number of aromatic carboxylic acids is 1. The van der Waals surface area contributed by atoms with Gasteiger partial charge in [-0.2, -0.15) is 0 Å². The van der Waals surface area contributed by atoms with E-state index in [1.807, 2.05) is 13.8 Å². The van der Waals surface area contributed by atoms with Gasteiger partial charge >= 0.3 is 5.97 Å². The molecule has 1 saturated carbocycles. The van der Waals surface area contributed by atoms with Crippen molar-refractivity contribution in [3.8, 4) is 0 Å². The molecule has 5 nitrogen and oxygen atoms in total. The molecule has 16 heavy (non-hydrogen) atoms. The first-order valence-electron chi connectivity index (χ1n) is 5.79. The second-order valence-electron chi connectivity index (χ2n) is 4.65. The average molecular weight is 223 g/mol. The molecule has 2 rings (SSSR count). The maximum Gasteiger partial charge on any atom is 0.356 e. The van der Waals surface area contributed by atoms with Crippen LogP contribution >= 0.6 is 0 Å². The minimum absolute atomic E-state index is 0.0359. The maximum absolute atomic E-state index is 11.3. The van der Waals surface area contributed by atoms with Gasteiger partial charge in [-0.1, -0.05) is 18.1 Å². The molecule has 0 saturated heterocycles. The van der Waals surface area contributed by atoms with Crippen molar-refractivity contribution < 1.29 is 9.90 Å². The Kier molecular flexibility index (Phi) is 2.94. The Hall–Kier alpha value is -1.39. The van der Waals surface area contributed by atoms with Gasteiger partial charge in [-0.25, -0.2) is 9.48 Å². The predicted octanol–water partition coefficient (Wildman–Crippen LogP) is 2.21. The van der Waals surface area contributed by atoms with Gasteiger partial charge in [-0.15, -0.1) is 5.10 Å².